The maximum Gasteiger partial charge on any atom is 0.416 e. The first-order valence-corrected chi connectivity index (χ1v) is 4.46. The number of hydrogen-bond donors (Lipinski definition) is 2. The number of rotatable bonds is 1. The van der Waals surface area contributed by atoms with Gasteiger partial charge in [-0.05, 0) is 36.8 Å². The molecule has 0 fully saturated rings. The Hall–Kier alpha value is -1.30. The SMILES string of the molecule is Cc1ccc(NC(N)=S)cc1C(F)(F)F. The van der Waals surface area contributed by atoms with Crippen LogP contribution in [0, 0.1) is 6.92 Å². The average molecular weight is 234 g/mol. The second kappa shape index (κ2) is 4.06. The van der Waals surface area contributed by atoms with E-state index in [0.717, 1.165) is 6.07 Å². The molecule has 1 aromatic carbocycles. The van der Waals surface area contributed by atoms with Crippen molar-refractivity contribution >= 4 is 23.0 Å². The predicted molar refractivity (Wildman–Crippen MR) is 56.6 cm³/mol. The minimum Gasteiger partial charge on any atom is -0.376 e. The van der Waals surface area contributed by atoms with Crippen molar-refractivity contribution in [2.45, 2.75) is 13.1 Å². The van der Waals surface area contributed by atoms with Gasteiger partial charge in [0.05, 0.1) is 5.56 Å². The molecule has 0 bridgehead atoms. The van der Waals surface area contributed by atoms with Crippen molar-refractivity contribution in [2.24, 2.45) is 5.73 Å². The zero-order chi connectivity index (χ0) is 11.6. The van der Waals surface area contributed by atoms with Crippen LogP contribution >= 0.6 is 12.2 Å². The summed E-state index contributed by atoms with van der Waals surface area (Å²) in [4.78, 5) is 0. The fraction of sp³-hybridized carbons (Fsp3) is 0.222. The normalized spacial score (nSPS) is 11.2. The van der Waals surface area contributed by atoms with E-state index in [9.17, 15) is 13.2 Å². The summed E-state index contributed by atoms with van der Waals surface area (Å²) in [6.07, 6.45) is -4.36. The van der Waals surface area contributed by atoms with Crippen LogP contribution in [-0.4, -0.2) is 5.11 Å². The molecule has 0 aliphatic carbocycles. The van der Waals surface area contributed by atoms with Crippen molar-refractivity contribution in [2.75, 3.05) is 5.32 Å². The van der Waals surface area contributed by atoms with Gasteiger partial charge < -0.3 is 11.1 Å². The molecule has 0 aliphatic heterocycles. The van der Waals surface area contributed by atoms with Gasteiger partial charge in [0.25, 0.3) is 0 Å². The van der Waals surface area contributed by atoms with E-state index in [2.05, 4.69) is 17.5 Å². The first kappa shape index (κ1) is 11.8. The molecule has 0 aliphatic rings. The Bertz CT molecular complexity index is 387. The summed E-state index contributed by atoms with van der Waals surface area (Å²) in [5, 5.41) is 2.39. The molecule has 82 valence electrons. The highest BCUT2D eigenvalue weighted by molar-refractivity contribution is 7.80. The molecular formula is C9H9F3N2S. The van der Waals surface area contributed by atoms with E-state index >= 15 is 0 Å². The lowest BCUT2D eigenvalue weighted by atomic mass is 10.1. The Labute approximate surface area is 90.3 Å². The molecule has 2 nitrogen and oxygen atoms in total. The highest BCUT2D eigenvalue weighted by Crippen LogP contribution is 2.33. The zero-order valence-corrected chi connectivity index (χ0v) is 8.67. The number of hydrogen-bond acceptors (Lipinski definition) is 1. The van der Waals surface area contributed by atoms with Crippen LogP contribution < -0.4 is 11.1 Å². The first-order valence-electron chi connectivity index (χ1n) is 4.05. The van der Waals surface area contributed by atoms with Crippen LogP contribution in [-0.2, 0) is 6.18 Å². The van der Waals surface area contributed by atoms with Gasteiger partial charge in [-0.2, -0.15) is 13.2 Å². The second-order valence-electron chi connectivity index (χ2n) is 3.02. The lowest BCUT2D eigenvalue weighted by molar-refractivity contribution is -0.138. The molecule has 0 atom stereocenters. The first-order chi connectivity index (χ1) is 6.80. The summed E-state index contributed by atoms with van der Waals surface area (Å²) in [6.45, 7) is 1.40. The largest absolute Gasteiger partial charge is 0.416 e. The fourth-order valence-electron chi connectivity index (χ4n) is 1.15. The number of nitrogens with one attached hydrogen (secondary N) is 1. The molecule has 0 amide bonds. The Morgan fingerprint density at radius 2 is 2.00 bits per heavy atom. The van der Waals surface area contributed by atoms with Crippen molar-refractivity contribution in [3.05, 3.63) is 29.3 Å². The highest BCUT2D eigenvalue weighted by atomic mass is 32.1. The molecule has 0 saturated heterocycles. The van der Waals surface area contributed by atoms with Crippen LogP contribution in [0.5, 0.6) is 0 Å². The topological polar surface area (TPSA) is 38.0 Å². The van der Waals surface area contributed by atoms with Gasteiger partial charge >= 0.3 is 6.18 Å². The van der Waals surface area contributed by atoms with Crippen LogP contribution in [0.15, 0.2) is 18.2 Å². The highest BCUT2D eigenvalue weighted by Gasteiger charge is 2.32. The van der Waals surface area contributed by atoms with Gasteiger partial charge in [0.1, 0.15) is 0 Å². The molecule has 6 heteroatoms. The summed E-state index contributed by atoms with van der Waals surface area (Å²) in [5.74, 6) is 0. The maximum atomic E-state index is 12.5. The van der Waals surface area contributed by atoms with E-state index in [-0.39, 0.29) is 16.4 Å². The van der Waals surface area contributed by atoms with Crippen molar-refractivity contribution < 1.29 is 13.2 Å². The third kappa shape index (κ3) is 3.09. The molecular weight excluding hydrogens is 225 g/mol. The third-order valence-corrected chi connectivity index (χ3v) is 1.91. The quantitative estimate of drug-likeness (QED) is 0.734. The van der Waals surface area contributed by atoms with Crippen molar-refractivity contribution in [3.8, 4) is 0 Å². The number of alkyl halides is 3. The molecule has 0 heterocycles. The lowest BCUT2D eigenvalue weighted by Gasteiger charge is -2.12. The molecule has 1 rings (SSSR count). The van der Waals surface area contributed by atoms with Gasteiger partial charge in [-0.3, -0.25) is 0 Å². The van der Waals surface area contributed by atoms with Gasteiger partial charge in [0.2, 0.25) is 0 Å². The monoisotopic (exact) mass is 234 g/mol. The third-order valence-electron chi connectivity index (χ3n) is 1.81. The number of halogens is 3. The molecule has 0 spiro atoms. The smallest absolute Gasteiger partial charge is 0.376 e. The van der Waals surface area contributed by atoms with Gasteiger partial charge in [0.15, 0.2) is 5.11 Å². The Balaban J connectivity index is 3.11. The number of thiocarbonyl (C=S) groups is 1. The Kier molecular flexibility index (Phi) is 3.18. The number of anilines is 1. The van der Waals surface area contributed by atoms with Crippen molar-refractivity contribution in [1.29, 1.82) is 0 Å². The second-order valence-corrected chi connectivity index (χ2v) is 3.46. The average Bonchev–Trinajstić information content (AvgIpc) is 2.05. The molecule has 0 radical (unpaired) electrons. The van der Waals surface area contributed by atoms with Crippen LogP contribution in [0.4, 0.5) is 18.9 Å². The minimum absolute atomic E-state index is 0.0630. The maximum absolute atomic E-state index is 12.5. The minimum atomic E-state index is -4.36. The number of aryl methyl sites for hydroxylation is 1. The standard InChI is InChI=1S/C9H9F3N2S/c1-5-2-3-6(14-8(13)15)4-7(5)9(10,11)12/h2-4H,1H3,(H3,13,14,15). The summed E-state index contributed by atoms with van der Waals surface area (Å²) >= 11 is 4.53. The number of benzene rings is 1. The summed E-state index contributed by atoms with van der Waals surface area (Å²) in [5.41, 5.74) is 4.87. The molecule has 0 saturated carbocycles. The lowest BCUT2D eigenvalue weighted by Crippen LogP contribution is -2.19. The van der Waals surface area contributed by atoms with Gasteiger partial charge in [0, 0.05) is 5.69 Å². The summed E-state index contributed by atoms with van der Waals surface area (Å²) in [7, 11) is 0. The van der Waals surface area contributed by atoms with Crippen molar-refractivity contribution in [1.82, 2.24) is 0 Å². The predicted octanol–water partition coefficient (Wildman–Crippen LogP) is 2.67. The van der Waals surface area contributed by atoms with Crippen LogP contribution in [0.1, 0.15) is 11.1 Å². The van der Waals surface area contributed by atoms with Gasteiger partial charge in [-0.1, -0.05) is 6.07 Å². The van der Waals surface area contributed by atoms with Crippen molar-refractivity contribution in [3.63, 3.8) is 0 Å². The summed E-state index contributed by atoms with van der Waals surface area (Å²) < 4.78 is 37.4. The van der Waals surface area contributed by atoms with Gasteiger partial charge in [-0.25, -0.2) is 0 Å². The summed E-state index contributed by atoms with van der Waals surface area (Å²) in [6, 6.07) is 3.83. The van der Waals surface area contributed by atoms with E-state index in [1.807, 2.05) is 0 Å². The molecule has 0 unspecified atom stereocenters. The fourth-order valence-corrected chi connectivity index (χ4v) is 1.27. The van der Waals surface area contributed by atoms with Crippen LogP contribution in [0.2, 0.25) is 0 Å². The Morgan fingerprint density at radius 3 is 2.47 bits per heavy atom. The van der Waals surface area contributed by atoms with E-state index in [1.54, 1.807) is 0 Å². The zero-order valence-electron chi connectivity index (χ0n) is 7.85. The van der Waals surface area contributed by atoms with Gasteiger partial charge in [-0.15, -0.1) is 0 Å². The van der Waals surface area contributed by atoms with E-state index in [4.69, 9.17) is 5.73 Å². The van der Waals surface area contributed by atoms with Crippen LogP contribution in [0.25, 0.3) is 0 Å². The molecule has 1 aromatic rings. The molecule has 0 aromatic heterocycles. The van der Waals surface area contributed by atoms with Crippen LogP contribution in [0.3, 0.4) is 0 Å². The van der Waals surface area contributed by atoms with E-state index in [0.29, 0.717) is 0 Å². The molecule has 15 heavy (non-hydrogen) atoms. The Morgan fingerprint density at radius 1 is 1.40 bits per heavy atom. The number of nitrogens with two attached hydrogens (primary N) is 1. The van der Waals surface area contributed by atoms with E-state index in [1.165, 1.54) is 19.1 Å². The molecule has 3 N–H and O–H groups in total. The van der Waals surface area contributed by atoms with E-state index < -0.39 is 11.7 Å².